The van der Waals surface area contributed by atoms with Gasteiger partial charge in [-0.05, 0) is 111 Å². The predicted octanol–water partition coefficient (Wildman–Crippen LogP) is 12.6. The Morgan fingerprint density at radius 2 is 0.860 bits per heavy atom. The summed E-state index contributed by atoms with van der Waals surface area (Å²) < 4.78 is 1.55. The topological polar surface area (TPSA) is 25.3 Å². The van der Waals surface area contributed by atoms with Crippen molar-refractivity contribution in [3.05, 3.63) is 87.0 Å². The molecule has 2 aromatic carbocycles. The molecule has 0 bridgehead atoms. The van der Waals surface area contributed by atoms with Gasteiger partial charge in [-0.25, -0.2) is 4.70 Å². The molecule has 0 amide bonds. The van der Waals surface area contributed by atoms with Crippen molar-refractivity contribution in [2.75, 3.05) is 0 Å². The first-order valence-electron chi connectivity index (χ1n) is 17.7. The molecule has 0 atom stereocenters. The summed E-state index contributed by atoms with van der Waals surface area (Å²) in [7, 11) is 0. The number of benzene rings is 2. The number of hydrogen-bond acceptors (Lipinski definition) is 0. The molecule has 0 aromatic heterocycles. The van der Waals surface area contributed by atoms with Crippen LogP contribution in [0.15, 0.2) is 48.0 Å². The second-order valence-electron chi connectivity index (χ2n) is 12.7. The minimum atomic E-state index is 0. The molecule has 0 fully saturated rings. The van der Waals surface area contributed by atoms with E-state index in [1.807, 2.05) is 0 Å². The molecule has 1 aliphatic heterocycles. The minimum absolute atomic E-state index is 0. The summed E-state index contributed by atoms with van der Waals surface area (Å²) in [6, 6.07) is 14.3. The zero-order valence-electron chi connectivity index (χ0n) is 28.2. The predicted molar refractivity (Wildman–Crippen MR) is 184 cm³/mol. The second kappa shape index (κ2) is 20.9. The molecular weight excluding hydrogens is 567 g/mol. The fourth-order valence-corrected chi connectivity index (χ4v) is 6.28. The van der Waals surface area contributed by atoms with Gasteiger partial charge in [-0.1, -0.05) is 105 Å². The second-order valence-corrected chi connectivity index (χ2v) is 12.7. The third-order valence-corrected chi connectivity index (χ3v) is 8.81. The number of nitrogens with zero attached hydrogens (tertiary/aromatic N) is 2. The summed E-state index contributed by atoms with van der Waals surface area (Å²) in [4.78, 5) is 0. The van der Waals surface area contributed by atoms with E-state index in [4.69, 9.17) is 0 Å². The van der Waals surface area contributed by atoms with Crippen LogP contribution in [0, 0.1) is 0 Å². The summed E-state index contributed by atoms with van der Waals surface area (Å²) in [5.74, 6) is 0. The van der Waals surface area contributed by atoms with Crippen molar-refractivity contribution in [2.45, 2.75) is 157 Å². The number of unbranched alkanes of at least 4 members (excludes halogenated alkanes) is 9. The average molecular weight is 628 g/mol. The van der Waals surface area contributed by atoms with Gasteiger partial charge in [0.1, 0.15) is 0 Å². The van der Waals surface area contributed by atoms with Crippen LogP contribution >= 0.6 is 0 Å². The van der Waals surface area contributed by atoms with Gasteiger partial charge in [0.2, 0.25) is 11.4 Å². The Labute approximate surface area is 275 Å². The largest absolute Gasteiger partial charge is 0.493 e. The molecular formula is C40H60N2Ni. The van der Waals surface area contributed by atoms with Gasteiger partial charge < -0.3 is 5.53 Å². The number of hydrogen-bond donors (Lipinski definition) is 0. The Bertz CT molecular complexity index is 1190. The van der Waals surface area contributed by atoms with Gasteiger partial charge >= 0.3 is 0 Å². The maximum Gasteiger partial charge on any atom is 0.210 e. The van der Waals surface area contributed by atoms with Crippen molar-refractivity contribution in [3.63, 3.8) is 0 Å². The molecule has 0 unspecified atom stereocenters. The zero-order chi connectivity index (χ0) is 30.2. The van der Waals surface area contributed by atoms with Gasteiger partial charge in [-0.2, -0.15) is 0 Å². The standard InChI is InChI=1S/C40H60N2.Ni/c1-6-11-16-18-22-34-25-32(20-13-8-3)27-37(28-34)39-31-36(24-15-10-5)40(42(39)41)38-29-33(21-14-9-4)26-35(30-38)23-19-17-12-7-2;/h25-31H,6-24H2,1-5H3;. The van der Waals surface area contributed by atoms with Gasteiger partial charge in [0, 0.05) is 39.3 Å². The van der Waals surface area contributed by atoms with Crippen molar-refractivity contribution in [2.24, 2.45) is 0 Å². The minimum Gasteiger partial charge on any atom is -0.493 e. The molecule has 0 spiro atoms. The average Bonchev–Trinajstić information content (AvgIpc) is 3.33. The molecule has 0 saturated carbocycles. The van der Waals surface area contributed by atoms with Gasteiger partial charge in [0.05, 0.1) is 0 Å². The first kappa shape index (κ1) is 37.2. The molecule has 0 radical (unpaired) electrons. The molecule has 1 heterocycles. The van der Waals surface area contributed by atoms with E-state index in [1.165, 1.54) is 116 Å². The van der Waals surface area contributed by atoms with E-state index >= 15 is 0 Å². The number of allylic oxidation sites excluding steroid dienone is 2. The first-order valence-corrected chi connectivity index (χ1v) is 17.7. The fourth-order valence-electron chi connectivity index (χ4n) is 6.28. The number of rotatable bonds is 21. The van der Waals surface area contributed by atoms with Crippen molar-refractivity contribution in [1.82, 2.24) is 0 Å². The van der Waals surface area contributed by atoms with E-state index < -0.39 is 0 Å². The van der Waals surface area contributed by atoms with Crippen LogP contribution in [-0.4, -0.2) is 4.70 Å². The van der Waals surface area contributed by atoms with Gasteiger partial charge in [-0.15, -0.1) is 0 Å². The Morgan fingerprint density at radius 1 is 0.465 bits per heavy atom. The van der Waals surface area contributed by atoms with E-state index in [2.05, 4.69) is 77.1 Å². The summed E-state index contributed by atoms with van der Waals surface area (Å²) >= 11 is 0. The van der Waals surface area contributed by atoms with Gasteiger partial charge in [-0.3, -0.25) is 0 Å². The maximum atomic E-state index is 11.9. The first-order chi connectivity index (χ1) is 20.5. The molecule has 0 aliphatic carbocycles. The van der Waals surface area contributed by atoms with Crippen LogP contribution in [0.5, 0.6) is 0 Å². The quantitative estimate of drug-likeness (QED) is 0.0748. The van der Waals surface area contributed by atoms with Crippen LogP contribution in [0.25, 0.3) is 16.9 Å². The third kappa shape index (κ3) is 11.8. The molecule has 0 saturated heterocycles. The van der Waals surface area contributed by atoms with Crippen LogP contribution < -0.4 is 0 Å². The Kier molecular flexibility index (Phi) is 18.1. The summed E-state index contributed by atoms with van der Waals surface area (Å²) in [5.41, 5.74) is 23.2. The molecule has 3 rings (SSSR count). The zero-order valence-corrected chi connectivity index (χ0v) is 29.2. The van der Waals surface area contributed by atoms with E-state index in [0.29, 0.717) is 0 Å². The van der Waals surface area contributed by atoms with Gasteiger partial charge in [0.25, 0.3) is 0 Å². The van der Waals surface area contributed by atoms with Crippen molar-refractivity contribution in [3.8, 4) is 0 Å². The monoisotopic (exact) mass is 626 g/mol. The molecule has 2 aromatic rings. The van der Waals surface area contributed by atoms with E-state index in [0.717, 1.165) is 56.3 Å². The van der Waals surface area contributed by atoms with Crippen LogP contribution in [0.4, 0.5) is 0 Å². The molecule has 3 heteroatoms. The Balaban J connectivity index is 0.00000645. The van der Waals surface area contributed by atoms with Crippen LogP contribution in [-0.2, 0) is 42.2 Å². The third-order valence-electron chi connectivity index (χ3n) is 8.81. The molecule has 1 aliphatic rings. The summed E-state index contributed by atoms with van der Waals surface area (Å²) in [5, 5.41) is 0. The molecule has 43 heavy (non-hydrogen) atoms. The van der Waals surface area contributed by atoms with E-state index in [9.17, 15) is 5.53 Å². The van der Waals surface area contributed by atoms with E-state index in [1.54, 1.807) is 4.70 Å². The Morgan fingerprint density at radius 3 is 1.30 bits per heavy atom. The fraction of sp³-hybridized carbons (Fsp3) is 0.600. The smallest absolute Gasteiger partial charge is 0.210 e. The number of aryl methyl sites for hydroxylation is 4. The molecule has 2 nitrogen and oxygen atoms in total. The Hall–Kier alpha value is -1.99. The van der Waals surface area contributed by atoms with Crippen LogP contribution in [0.2, 0.25) is 0 Å². The molecule has 0 N–H and O–H groups in total. The molecule has 240 valence electrons. The van der Waals surface area contributed by atoms with Crippen LogP contribution in [0.1, 0.15) is 164 Å². The van der Waals surface area contributed by atoms with Crippen molar-refractivity contribution < 1.29 is 21.2 Å². The van der Waals surface area contributed by atoms with Crippen molar-refractivity contribution >= 4 is 11.4 Å². The van der Waals surface area contributed by atoms with Gasteiger partial charge in [0.15, 0.2) is 0 Å². The van der Waals surface area contributed by atoms with Crippen molar-refractivity contribution in [1.29, 1.82) is 0 Å². The summed E-state index contributed by atoms with van der Waals surface area (Å²) in [6.07, 6.45) is 25.1. The normalized spacial score (nSPS) is 13.0. The SMILES string of the molecule is CCCCCCc1cc(CCCC)cc(C2=CC(CCCC)=C(c3cc(CCCC)cc(CCCCCC)c3)[N+]2=[N-])c1.[Ni]. The van der Waals surface area contributed by atoms with Crippen LogP contribution in [0.3, 0.4) is 0 Å². The summed E-state index contributed by atoms with van der Waals surface area (Å²) in [6.45, 7) is 11.4. The maximum absolute atomic E-state index is 11.9. The van der Waals surface area contributed by atoms with E-state index in [-0.39, 0.29) is 16.5 Å².